The summed E-state index contributed by atoms with van der Waals surface area (Å²) in [5, 5.41) is 14.4. The van der Waals surface area contributed by atoms with Gasteiger partial charge in [0.15, 0.2) is 5.82 Å². The molecule has 0 fully saturated rings. The van der Waals surface area contributed by atoms with E-state index < -0.39 is 0 Å². The van der Waals surface area contributed by atoms with E-state index in [4.69, 9.17) is 0 Å². The summed E-state index contributed by atoms with van der Waals surface area (Å²) >= 11 is 0. The average molecular weight is 265 g/mol. The van der Waals surface area contributed by atoms with Gasteiger partial charge in [0.1, 0.15) is 11.6 Å². The van der Waals surface area contributed by atoms with Gasteiger partial charge in [-0.2, -0.15) is 5.10 Å². The fourth-order valence-electron chi connectivity index (χ4n) is 2.18. The first-order valence-corrected chi connectivity index (χ1v) is 6.48. The Morgan fingerprint density at radius 2 is 1.70 bits per heavy atom. The molecular weight excluding hydrogens is 250 g/mol. The van der Waals surface area contributed by atoms with Crippen molar-refractivity contribution in [3.63, 3.8) is 0 Å². The van der Waals surface area contributed by atoms with Gasteiger partial charge in [0.25, 0.3) is 0 Å². The van der Waals surface area contributed by atoms with Crippen LogP contribution in [0.4, 0.5) is 0 Å². The highest BCUT2D eigenvalue weighted by Gasteiger charge is 2.13. The number of phenols is 1. The van der Waals surface area contributed by atoms with Gasteiger partial charge in [0.2, 0.25) is 0 Å². The van der Waals surface area contributed by atoms with Crippen LogP contribution >= 0.6 is 0 Å². The second-order valence-electron chi connectivity index (χ2n) is 4.64. The highest BCUT2D eigenvalue weighted by molar-refractivity contribution is 5.63. The lowest BCUT2D eigenvalue weighted by Gasteiger charge is -2.07. The molecule has 2 aromatic carbocycles. The molecule has 0 bridgehead atoms. The number of nitrogens with zero attached hydrogens (tertiary/aromatic N) is 3. The zero-order valence-corrected chi connectivity index (χ0v) is 11.2. The number of hydrogen-bond acceptors (Lipinski definition) is 3. The van der Waals surface area contributed by atoms with Crippen molar-refractivity contribution in [2.45, 2.75) is 13.5 Å². The molecule has 4 nitrogen and oxygen atoms in total. The number of aromatic hydroxyl groups is 1. The molecule has 1 N–H and O–H groups in total. The van der Waals surface area contributed by atoms with Crippen LogP contribution in [-0.4, -0.2) is 19.9 Å². The average Bonchev–Trinajstić information content (AvgIpc) is 2.81. The predicted octanol–water partition coefficient (Wildman–Crippen LogP) is 3.01. The fraction of sp³-hybridized carbons (Fsp3) is 0.125. The minimum atomic E-state index is 0.217. The molecule has 0 aliphatic heterocycles. The van der Waals surface area contributed by atoms with Crippen LogP contribution in [0.5, 0.6) is 5.75 Å². The molecule has 3 aromatic rings. The molecule has 4 heteroatoms. The molecular formula is C16H15N3O. The van der Waals surface area contributed by atoms with Crippen LogP contribution in [0, 0.1) is 6.92 Å². The molecule has 0 aliphatic rings. The summed E-state index contributed by atoms with van der Waals surface area (Å²) in [6.45, 7) is 2.48. The summed E-state index contributed by atoms with van der Waals surface area (Å²) < 4.78 is 1.82. The van der Waals surface area contributed by atoms with Gasteiger partial charge in [0, 0.05) is 0 Å². The smallest absolute Gasteiger partial charge is 0.162 e. The summed E-state index contributed by atoms with van der Waals surface area (Å²) in [6, 6.07) is 17.3. The van der Waals surface area contributed by atoms with Gasteiger partial charge < -0.3 is 5.11 Å². The highest BCUT2D eigenvalue weighted by Crippen LogP contribution is 2.27. The van der Waals surface area contributed by atoms with E-state index in [1.807, 2.05) is 54.1 Å². The van der Waals surface area contributed by atoms with E-state index in [9.17, 15) is 5.11 Å². The number of phenolic OH excluding ortho intramolecular Hbond substituents is 1. The lowest BCUT2D eigenvalue weighted by Crippen LogP contribution is -2.04. The quantitative estimate of drug-likeness (QED) is 0.792. The van der Waals surface area contributed by atoms with Gasteiger partial charge in [-0.05, 0) is 24.6 Å². The van der Waals surface area contributed by atoms with Crippen molar-refractivity contribution in [3.8, 4) is 17.1 Å². The van der Waals surface area contributed by atoms with Crippen molar-refractivity contribution in [2.75, 3.05) is 0 Å². The predicted molar refractivity (Wildman–Crippen MR) is 77.4 cm³/mol. The second kappa shape index (κ2) is 5.17. The Bertz CT molecular complexity index is 720. The third kappa shape index (κ3) is 2.40. The number of benzene rings is 2. The Hall–Kier alpha value is -2.62. The fourth-order valence-corrected chi connectivity index (χ4v) is 2.18. The monoisotopic (exact) mass is 265 g/mol. The molecule has 0 saturated carbocycles. The van der Waals surface area contributed by atoms with Crippen molar-refractivity contribution >= 4 is 0 Å². The molecule has 3 rings (SSSR count). The highest BCUT2D eigenvalue weighted by atomic mass is 16.3. The largest absolute Gasteiger partial charge is 0.507 e. The second-order valence-corrected chi connectivity index (χ2v) is 4.64. The van der Waals surface area contributed by atoms with E-state index in [1.54, 1.807) is 12.1 Å². The molecule has 0 aliphatic carbocycles. The number of rotatable bonds is 3. The number of aromatic nitrogens is 3. The summed E-state index contributed by atoms with van der Waals surface area (Å²) in [7, 11) is 0. The Balaban J connectivity index is 2.03. The summed E-state index contributed by atoms with van der Waals surface area (Å²) in [5.41, 5.74) is 1.85. The van der Waals surface area contributed by atoms with E-state index in [2.05, 4.69) is 10.1 Å². The molecule has 0 amide bonds. The third-order valence-electron chi connectivity index (χ3n) is 3.10. The lowest BCUT2D eigenvalue weighted by molar-refractivity contribution is 0.476. The molecule has 100 valence electrons. The van der Waals surface area contributed by atoms with Crippen LogP contribution in [-0.2, 0) is 6.54 Å². The van der Waals surface area contributed by atoms with Gasteiger partial charge in [-0.1, -0.05) is 42.5 Å². The number of hydrogen-bond donors (Lipinski definition) is 1. The van der Waals surface area contributed by atoms with E-state index in [0.717, 1.165) is 5.56 Å². The van der Waals surface area contributed by atoms with Crippen molar-refractivity contribution in [3.05, 3.63) is 66.0 Å². The topological polar surface area (TPSA) is 50.9 Å². The van der Waals surface area contributed by atoms with Gasteiger partial charge in [-0.15, -0.1) is 0 Å². The Morgan fingerprint density at radius 1 is 1.00 bits per heavy atom. The van der Waals surface area contributed by atoms with E-state index in [1.165, 1.54) is 0 Å². The molecule has 1 heterocycles. The van der Waals surface area contributed by atoms with Crippen LogP contribution in [0.15, 0.2) is 54.6 Å². The molecule has 0 saturated heterocycles. The maximum absolute atomic E-state index is 9.98. The van der Waals surface area contributed by atoms with Crippen molar-refractivity contribution < 1.29 is 5.11 Å². The van der Waals surface area contributed by atoms with E-state index in [0.29, 0.717) is 23.8 Å². The lowest BCUT2D eigenvalue weighted by atomic mass is 10.2. The minimum Gasteiger partial charge on any atom is -0.507 e. The Kier molecular flexibility index (Phi) is 3.21. The first kappa shape index (κ1) is 12.4. The van der Waals surface area contributed by atoms with Crippen molar-refractivity contribution in [1.29, 1.82) is 0 Å². The summed E-state index contributed by atoms with van der Waals surface area (Å²) in [6.07, 6.45) is 0. The van der Waals surface area contributed by atoms with Crippen LogP contribution in [0.2, 0.25) is 0 Å². The number of aryl methyl sites for hydroxylation is 1. The van der Waals surface area contributed by atoms with Crippen LogP contribution < -0.4 is 0 Å². The van der Waals surface area contributed by atoms with Crippen molar-refractivity contribution in [1.82, 2.24) is 14.8 Å². The van der Waals surface area contributed by atoms with E-state index in [-0.39, 0.29) is 5.75 Å². The number of para-hydroxylation sites is 1. The first-order chi connectivity index (χ1) is 9.74. The zero-order chi connectivity index (χ0) is 13.9. The van der Waals surface area contributed by atoms with Crippen LogP contribution in [0.1, 0.15) is 11.4 Å². The summed E-state index contributed by atoms with van der Waals surface area (Å²) in [4.78, 5) is 4.43. The van der Waals surface area contributed by atoms with Crippen LogP contribution in [0.25, 0.3) is 11.4 Å². The van der Waals surface area contributed by atoms with Gasteiger partial charge in [-0.25, -0.2) is 9.67 Å². The van der Waals surface area contributed by atoms with Crippen LogP contribution in [0.3, 0.4) is 0 Å². The third-order valence-corrected chi connectivity index (χ3v) is 3.10. The van der Waals surface area contributed by atoms with Crippen molar-refractivity contribution in [2.24, 2.45) is 0 Å². The molecule has 0 atom stereocenters. The van der Waals surface area contributed by atoms with Gasteiger partial charge in [-0.3, -0.25) is 0 Å². The first-order valence-electron chi connectivity index (χ1n) is 6.48. The molecule has 0 spiro atoms. The summed E-state index contributed by atoms with van der Waals surface area (Å²) in [5.74, 6) is 1.60. The zero-order valence-electron chi connectivity index (χ0n) is 11.2. The SMILES string of the molecule is Cc1nc(-c2ccccc2O)n(Cc2ccccc2)n1. The minimum absolute atomic E-state index is 0.217. The van der Waals surface area contributed by atoms with Gasteiger partial charge >= 0.3 is 0 Å². The maximum atomic E-state index is 9.98. The maximum Gasteiger partial charge on any atom is 0.162 e. The standard InChI is InChI=1S/C16H15N3O/c1-12-17-16(14-9-5-6-10-15(14)20)19(18-12)11-13-7-3-2-4-8-13/h2-10,20H,11H2,1H3. The Morgan fingerprint density at radius 3 is 2.45 bits per heavy atom. The molecule has 0 unspecified atom stereocenters. The normalized spacial score (nSPS) is 10.7. The molecule has 0 radical (unpaired) electrons. The molecule has 20 heavy (non-hydrogen) atoms. The Labute approximate surface area is 117 Å². The molecule has 1 aromatic heterocycles. The van der Waals surface area contributed by atoms with Gasteiger partial charge in [0.05, 0.1) is 12.1 Å². The van der Waals surface area contributed by atoms with E-state index >= 15 is 0 Å².